The van der Waals surface area contributed by atoms with E-state index >= 15 is 0 Å². The van der Waals surface area contributed by atoms with Crippen molar-refractivity contribution in [3.05, 3.63) is 94.5 Å². The highest BCUT2D eigenvalue weighted by molar-refractivity contribution is 7.92. The van der Waals surface area contributed by atoms with E-state index in [1.807, 2.05) is 30.3 Å². The lowest BCUT2D eigenvalue weighted by atomic mass is 9.92. The van der Waals surface area contributed by atoms with Crippen LogP contribution in [0.15, 0.2) is 71.6 Å². The van der Waals surface area contributed by atoms with Crippen molar-refractivity contribution in [1.29, 1.82) is 0 Å². The molecule has 0 aromatic heterocycles. The topological polar surface area (TPSA) is 80.3 Å². The molecule has 1 aliphatic rings. The fourth-order valence-corrected chi connectivity index (χ4v) is 5.14. The van der Waals surface area contributed by atoms with Gasteiger partial charge in [0, 0.05) is 11.9 Å². The average molecular weight is 454 g/mol. The van der Waals surface area contributed by atoms with Crippen molar-refractivity contribution < 1.29 is 16.8 Å². The molecule has 0 fully saturated rings. The molecule has 0 bridgehead atoms. The molecule has 1 N–H and O–H groups in total. The Bertz CT molecular complexity index is 1400. The lowest BCUT2D eigenvalue weighted by molar-refractivity contribution is 0.601. The summed E-state index contributed by atoms with van der Waals surface area (Å²) in [6, 6.07) is 20.7. The van der Waals surface area contributed by atoms with Gasteiger partial charge in [-0.15, -0.1) is 0 Å². The molecule has 0 spiro atoms. The number of hydrogen-bond donors (Lipinski definition) is 1. The Balaban J connectivity index is 1.90. The van der Waals surface area contributed by atoms with E-state index in [1.165, 1.54) is 11.8 Å². The highest BCUT2D eigenvalue weighted by Gasteiger charge is 2.20. The van der Waals surface area contributed by atoms with Crippen LogP contribution in [-0.4, -0.2) is 29.3 Å². The third-order valence-electron chi connectivity index (χ3n) is 5.27. The van der Waals surface area contributed by atoms with Crippen molar-refractivity contribution in [2.45, 2.75) is 17.7 Å². The summed E-state index contributed by atoms with van der Waals surface area (Å²) in [6.45, 7) is 0. The number of rotatable bonds is 4. The molecule has 0 radical (unpaired) electrons. The third-order valence-corrected chi connectivity index (χ3v) is 6.98. The first-order valence-electron chi connectivity index (χ1n) is 9.81. The summed E-state index contributed by atoms with van der Waals surface area (Å²) in [5.41, 5.74) is 6.57. The van der Waals surface area contributed by atoms with Crippen LogP contribution in [-0.2, 0) is 32.7 Å². The van der Waals surface area contributed by atoms with Gasteiger partial charge in [-0.05, 0) is 76.6 Å². The number of benzene rings is 3. The zero-order valence-electron chi connectivity index (χ0n) is 17.3. The van der Waals surface area contributed by atoms with E-state index in [2.05, 4.69) is 16.9 Å². The molecule has 5 nitrogen and oxygen atoms in total. The van der Waals surface area contributed by atoms with Crippen LogP contribution >= 0.6 is 0 Å². The van der Waals surface area contributed by atoms with E-state index in [4.69, 9.17) is 0 Å². The Morgan fingerprint density at radius 1 is 0.774 bits per heavy atom. The van der Waals surface area contributed by atoms with Crippen molar-refractivity contribution in [2.75, 3.05) is 17.2 Å². The first-order chi connectivity index (χ1) is 14.6. The zero-order chi connectivity index (χ0) is 22.2. The number of fused-ring (bicyclic) bond motifs is 2. The van der Waals surface area contributed by atoms with Crippen LogP contribution in [0.3, 0.4) is 0 Å². The van der Waals surface area contributed by atoms with Gasteiger partial charge in [0.05, 0.1) is 11.2 Å². The van der Waals surface area contributed by atoms with Crippen molar-refractivity contribution in [1.82, 2.24) is 0 Å². The second-order valence-corrected chi connectivity index (χ2v) is 11.6. The summed E-state index contributed by atoms with van der Waals surface area (Å²) in [7, 11) is -6.68. The Morgan fingerprint density at radius 3 is 2.23 bits per heavy atom. The summed E-state index contributed by atoms with van der Waals surface area (Å²) in [6.07, 6.45) is 5.91. The summed E-state index contributed by atoms with van der Waals surface area (Å²) in [5.74, 6) is 0. The molecule has 160 valence electrons. The number of anilines is 1. The fourth-order valence-electron chi connectivity index (χ4n) is 3.91. The molecule has 3 aromatic rings. The van der Waals surface area contributed by atoms with Crippen molar-refractivity contribution in [3.63, 3.8) is 0 Å². The molecular formula is C24H23NO4S2. The highest BCUT2D eigenvalue weighted by Crippen LogP contribution is 2.36. The van der Waals surface area contributed by atoms with Crippen LogP contribution in [0, 0.1) is 0 Å². The quantitative estimate of drug-likeness (QED) is 0.644. The molecule has 3 aromatic carbocycles. The van der Waals surface area contributed by atoms with E-state index in [0.29, 0.717) is 10.6 Å². The van der Waals surface area contributed by atoms with Crippen molar-refractivity contribution >= 4 is 37.2 Å². The summed E-state index contributed by atoms with van der Waals surface area (Å²) in [5, 5.41) is 0. The maximum Gasteiger partial charge on any atom is 0.229 e. The number of nitrogens with one attached hydrogen (secondary N) is 1. The Labute approximate surface area is 183 Å². The largest absolute Gasteiger partial charge is 0.284 e. The van der Waals surface area contributed by atoms with Crippen LogP contribution < -0.4 is 4.72 Å². The third kappa shape index (κ3) is 4.89. The summed E-state index contributed by atoms with van der Waals surface area (Å²) in [4.78, 5) is 0.316. The molecule has 7 heteroatoms. The molecule has 1 aliphatic carbocycles. The number of aryl methyl sites for hydroxylation is 2. The van der Waals surface area contributed by atoms with Gasteiger partial charge in [-0.1, -0.05) is 42.5 Å². The average Bonchev–Trinajstić information content (AvgIpc) is 2.83. The van der Waals surface area contributed by atoms with Crippen LogP contribution in [0.5, 0.6) is 0 Å². The van der Waals surface area contributed by atoms with Crippen molar-refractivity contribution in [3.8, 4) is 0 Å². The number of sulfone groups is 1. The van der Waals surface area contributed by atoms with Gasteiger partial charge in [0.1, 0.15) is 0 Å². The SMILES string of the molecule is CS(=O)(=O)Nc1cccc(/C=C2\c3ccccc3CCc3cc(S(C)(=O)=O)ccc32)c1. The van der Waals surface area contributed by atoms with Crippen LogP contribution in [0.25, 0.3) is 11.6 Å². The minimum absolute atomic E-state index is 0.316. The second kappa shape index (κ2) is 7.98. The van der Waals surface area contributed by atoms with Gasteiger partial charge in [0.25, 0.3) is 0 Å². The smallest absolute Gasteiger partial charge is 0.229 e. The van der Waals surface area contributed by atoms with Crippen LogP contribution in [0.2, 0.25) is 0 Å². The van der Waals surface area contributed by atoms with Gasteiger partial charge in [0.15, 0.2) is 9.84 Å². The van der Waals surface area contributed by atoms with Gasteiger partial charge in [-0.3, -0.25) is 4.72 Å². The van der Waals surface area contributed by atoms with Crippen LogP contribution in [0.1, 0.15) is 27.8 Å². The molecule has 0 heterocycles. The van der Waals surface area contributed by atoms with Gasteiger partial charge in [-0.2, -0.15) is 0 Å². The normalized spacial score (nSPS) is 15.1. The number of sulfonamides is 1. The zero-order valence-corrected chi connectivity index (χ0v) is 18.9. The predicted octanol–water partition coefficient (Wildman–Crippen LogP) is 4.15. The molecule has 0 saturated carbocycles. The summed E-state index contributed by atoms with van der Waals surface area (Å²) >= 11 is 0. The monoisotopic (exact) mass is 453 g/mol. The molecule has 0 saturated heterocycles. The van der Waals surface area contributed by atoms with E-state index < -0.39 is 19.9 Å². The van der Waals surface area contributed by atoms with E-state index in [1.54, 1.807) is 30.3 Å². The van der Waals surface area contributed by atoms with Gasteiger partial charge >= 0.3 is 0 Å². The molecule has 31 heavy (non-hydrogen) atoms. The lowest BCUT2D eigenvalue weighted by Crippen LogP contribution is -2.09. The van der Waals surface area contributed by atoms with Crippen molar-refractivity contribution in [2.24, 2.45) is 0 Å². The van der Waals surface area contributed by atoms with E-state index in [0.717, 1.165) is 46.9 Å². The maximum absolute atomic E-state index is 12.1. The molecular weight excluding hydrogens is 430 g/mol. The minimum Gasteiger partial charge on any atom is -0.284 e. The van der Waals surface area contributed by atoms with Crippen LogP contribution in [0.4, 0.5) is 5.69 Å². The van der Waals surface area contributed by atoms with E-state index in [9.17, 15) is 16.8 Å². The molecule has 4 rings (SSSR count). The second-order valence-electron chi connectivity index (χ2n) is 7.81. The first-order valence-corrected chi connectivity index (χ1v) is 13.6. The van der Waals surface area contributed by atoms with E-state index in [-0.39, 0.29) is 0 Å². The Hall–Kier alpha value is -2.90. The standard InChI is InChI=1S/C24H23NO4S2/c1-30(26,27)21-12-13-23-19(16-21)11-10-18-7-3-4-9-22(18)24(23)15-17-6-5-8-20(14-17)25-31(2,28)29/h3-9,12-16,25H,10-11H2,1-2H3/b24-15+. The maximum atomic E-state index is 12.1. The molecule has 0 unspecified atom stereocenters. The molecule has 0 aliphatic heterocycles. The Morgan fingerprint density at radius 2 is 1.48 bits per heavy atom. The van der Waals surface area contributed by atoms with Gasteiger partial charge in [0.2, 0.25) is 10.0 Å². The molecule has 0 atom stereocenters. The predicted molar refractivity (Wildman–Crippen MR) is 125 cm³/mol. The molecule has 0 amide bonds. The minimum atomic E-state index is -3.38. The highest BCUT2D eigenvalue weighted by atomic mass is 32.2. The van der Waals surface area contributed by atoms with Gasteiger partial charge in [-0.25, -0.2) is 16.8 Å². The fraction of sp³-hybridized carbons (Fsp3) is 0.167. The number of hydrogen-bond acceptors (Lipinski definition) is 4. The Kier molecular flexibility index (Phi) is 5.49. The first kappa shape index (κ1) is 21.3. The lowest BCUT2D eigenvalue weighted by Gasteiger charge is -2.14. The summed E-state index contributed by atoms with van der Waals surface area (Å²) < 4.78 is 49.9. The van der Waals surface area contributed by atoms with Gasteiger partial charge < -0.3 is 0 Å².